The smallest absolute Gasteiger partial charge is 0.282 e. The lowest BCUT2D eigenvalue weighted by atomic mass is 10.1. The maximum Gasteiger partial charge on any atom is 0.282 e. The number of aryl methyl sites for hydroxylation is 2. The third-order valence-corrected chi connectivity index (χ3v) is 6.87. The lowest BCUT2D eigenvalue weighted by Gasteiger charge is -2.24. The average molecular weight is 481 g/mol. The molecule has 0 aromatic heterocycles. The van der Waals surface area contributed by atoms with E-state index in [9.17, 15) is 18.5 Å². The molecule has 168 valence electrons. The Labute approximate surface area is 198 Å². The third kappa shape index (κ3) is 5.08. The standard InChI is InChI=1S/C25H21ClN2O4S/c1-17-8-9-18(2)23(14-17)28(33(30,31)22-12-10-21(26)11-13-22)25(29)20(16-27)15-19-6-4-5-7-24(19)32-3/h4-15H,1-3H3/b20-15+. The molecule has 0 atom stereocenters. The van der Waals surface area contributed by atoms with Crippen molar-refractivity contribution in [2.45, 2.75) is 18.7 Å². The molecule has 8 heteroatoms. The van der Waals surface area contributed by atoms with Crippen molar-refractivity contribution in [1.29, 1.82) is 5.26 Å². The predicted molar refractivity (Wildman–Crippen MR) is 129 cm³/mol. The average Bonchev–Trinajstić information content (AvgIpc) is 2.80. The first-order chi connectivity index (χ1) is 15.7. The van der Waals surface area contributed by atoms with Crippen molar-refractivity contribution in [3.05, 3.63) is 94.0 Å². The number of carbonyl (C=O) groups is 1. The van der Waals surface area contributed by atoms with Gasteiger partial charge in [-0.15, -0.1) is 0 Å². The Bertz CT molecular complexity index is 1370. The van der Waals surface area contributed by atoms with Crippen molar-refractivity contribution in [1.82, 2.24) is 0 Å². The van der Waals surface area contributed by atoms with E-state index >= 15 is 0 Å². The van der Waals surface area contributed by atoms with Crippen LogP contribution in [0.1, 0.15) is 16.7 Å². The number of anilines is 1. The monoisotopic (exact) mass is 480 g/mol. The molecule has 3 aromatic carbocycles. The molecule has 0 heterocycles. The van der Waals surface area contributed by atoms with Crippen LogP contribution >= 0.6 is 11.6 Å². The SMILES string of the molecule is COc1ccccc1/C=C(\C#N)C(=O)N(c1cc(C)ccc1C)S(=O)(=O)c1ccc(Cl)cc1. The number of nitrogens with zero attached hydrogens (tertiary/aromatic N) is 2. The number of sulfonamides is 1. The minimum Gasteiger partial charge on any atom is -0.496 e. The molecule has 0 saturated heterocycles. The molecule has 3 rings (SSSR count). The molecule has 0 aliphatic carbocycles. The van der Waals surface area contributed by atoms with Crippen LogP contribution in [0, 0.1) is 25.2 Å². The van der Waals surface area contributed by atoms with Gasteiger partial charge in [0.15, 0.2) is 0 Å². The van der Waals surface area contributed by atoms with E-state index in [4.69, 9.17) is 16.3 Å². The van der Waals surface area contributed by atoms with Gasteiger partial charge >= 0.3 is 0 Å². The fraction of sp³-hybridized carbons (Fsp3) is 0.120. The van der Waals surface area contributed by atoms with Gasteiger partial charge in [-0.25, -0.2) is 8.42 Å². The maximum atomic E-state index is 13.6. The quantitative estimate of drug-likeness (QED) is 0.353. The van der Waals surface area contributed by atoms with Crippen LogP contribution in [0.25, 0.3) is 6.08 Å². The zero-order chi connectivity index (χ0) is 24.2. The van der Waals surface area contributed by atoms with Gasteiger partial charge in [0.05, 0.1) is 17.7 Å². The normalized spacial score (nSPS) is 11.5. The van der Waals surface area contributed by atoms with Gasteiger partial charge in [0.1, 0.15) is 17.4 Å². The van der Waals surface area contributed by atoms with E-state index in [1.54, 1.807) is 50.2 Å². The molecule has 6 nitrogen and oxygen atoms in total. The number of carbonyl (C=O) groups excluding carboxylic acids is 1. The van der Waals surface area contributed by atoms with Crippen LogP contribution in [0.15, 0.2) is 77.2 Å². The fourth-order valence-corrected chi connectivity index (χ4v) is 4.78. The van der Waals surface area contributed by atoms with Crippen molar-refractivity contribution < 1.29 is 17.9 Å². The highest BCUT2D eigenvalue weighted by Gasteiger charge is 2.34. The van der Waals surface area contributed by atoms with Crippen molar-refractivity contribution in [2.24, 2.45) is 0 Å². The Morgan fingerprint density at radius 3 is 2.36 bits per heavy atom. The van der Waals surface area contributed by atoms with E-state index in [1.807, 2.05) is 12.1 Å². The van der Waals surface area contributed by atoms with E-state index in [2.05, 4.69) is 0 Å². The Hall–Kier alpha value is -3.60. The summed E-state index contributed by atoms with van der Waals surface area (Å²) in [6.07, 6.45) is 1.32. The zero-order valence-corrected chi connectivity index (χ0v) is 19.8. The van der Waals surface area contributed by atoms with E-state index in [1.165, 1.54) is 37.5 Å². The summed E-state index contributed by atoms with van der Waals surface area (Å²) in [6, 6.07) is 19.3. The van der Waals surface area contributed by atoms with E-state index < -0.39 is 15.9 Å². The van der Waals surface area contributed by atoms with Crippen molar-refractivity contribution in [3.63, 3.8) is 0 Å². The lowest BCUT2D eigenvalue weighted by Crippen LogP contribution is -2.38. The Morgan fingerprint density at radius 1 is 1.06 bits per heavy atom. The summed E-state index contributed by atoms with van der Waals surface area (Å²) in [5, 5.41) is 10.1. The molecule has 0 saturated carbocycles. The molecular weight excluding hydrogens is 460 g/mol. The summed E-state index contributed by atoms with van der Waals surface area (Å²) in [7, 11) is -2.90. The number of nitriles is 1. The molecule has 3 aromatic rings. The highest BCUT2D eigenvalue weighted by molar-refractivity contribution is 7.93. The number of hydrogen-bond acceptors (Lipinski definition) is 5. The Morgan fingerprint density at radius 2 is 1.73 bits per heavy atom. The summed E-state index contributed by atoms with van der Waals surface area (Å²) in [5.41, 5.74) is 1.58. The molecule has 0 N–H and O–H groups in total. The molecule has 1 amide bonds. The molecule has 0 radical (unpaired) electrons. The van der Waals surface area contributed by atoms with Gasteiger partial charge in [-0.05, 0) is 67.4 Å². The Balaban J connectivity index is 2.23. The molecule has 0 unspecified atom stereocenters. The van der Waals surface area contributed by atoms with Crippen LogP contribution in [0.3, 0.4) is 0 Å². The zero-order valence-electron chi connectivity index (χ0n) is 18.2. The van der Waals surface area contributed by atoms with Crippen LogP contribution in [-0.4, -0.2) is 21.4 Å². The van der Waals surface area contributed by atoms with Gasteiger partial charge < -0.3 is 4.74 Å². The van der Waals surface area contributed by atoms with Gasteiger partial charge in [-0.2, -0.15) is 9.57 Å². The molecule has 0 spiro atoms. The van der Waals surface area contributed by atoms with Crippen molar-refractivity contribution in [2.75, 3.05) is 11.4 Å². The molecule has 0 bridgehead atoms. The molecule has 0 fully saturated rings. The second-order valence-electron chi connectivity index (χ2n) is 7.23. The number of para-hydroxylation sites is 1. The van der Waals surface area contributed by atoms with Gasteiger partial charge in [-0.1, -0.05) is 41.9 Å². The fourth-order valence-electron chi connectivity index (χ4n) is 3.19. The minimum absolute atomic E-state index is 0.129. The second kappa shape index (κ2) is 9.90. The first-order valence-electron chi connectivity index (χ1n) is 9.86. The van der Waals surface area contributed by atoms with Crippen LogP contribution in [0.5, 0.6) is 5.75 Å². The van der Waals surface area contributed by atoms with Crippen LogP contribution in [-0.2, 0) is 14.8 Å². The Kier molecular flexibility index (Phi) is 7.22. The minimum atomic E-state index is -4.37. The van der Waals surface area contributed by atoms with Gasteiger partial charge in [-0.3, -0.25) is 4.79 Å². The van der Waals surface area contributed by atoms with E-state index in [0.717, 1.165) is 5.56 Å². The number of rotatable bonds is 6. The lowest BCUT2D eigenvalue weighted by molar-refractivity contribution is -0.113. The molecule has 33 heavy (non-hydrogen) atoms. The number of methoxy groups -OCH3 is 1. The largest absolute Gasteiger partial charge is 0.496 e. The van der Waals surface area contributed by atoms with Crippen LogP contribution in [0.4, 0.5) is 5.69 Å². The first kappa shape index (κ1) is 24.1. The summed E-state index contributed by atoms with van der Waals surface area (Å²) in [5.74, 6) is -0.538. The summed E-state index contributed by atoms with van der Waals surface area (Å²) >= 11 is 5.92. The van der Waals surface area contributed by atoms with Crippen LogP contribution in [0.2, 0.25) is 5.02 Å². The van der Waals surface area contributed by atoms with Crippen molar-refractivity contribution >= 4 is 39.3 Å². The summed E-state index contributed by atoms with van der Waals surface area (Å²) in [4.78, 5) is 13.5. The third-order valence-electron chi connectivity index (χ3n) is 4.91. The maximum absolute atomic E-state index is 13.6. The summed E-state index contributed by atoms with van der Waals surface area (Å²) in [6.45, 7) is 3.48. The molecule has 0 aliphatic rings. The second-order valence-corrected chi connectivity index (χ2v) is 9.45. The van der Waals surface area contributed by atoms with E-state index in [0.29, 0.717) is 26.2 Å². The number of hydrogen-bond donors (Lipinski definition) is 0. The summed E-state index contributed by atoms with van der Waals surface area (Å²) < 4.78 is 33.2. The van der Waals surface area contributed by atoms with Gasteiger partial charge in [0.25, 0.3) is 15.9 Å². The highest BCUT2D eigenvalue weighted by Crippen LogP contribution is 2.31. The van der Waals surface area contributed by atoms with Gasteiger partial charge in [0.2, 0.25) is 0 Å². The first-order valence-corrected chi connectivity index (χ1v) is 11.7. The molecule has 0 aliphatic heterocycles. The number of benzene rings is 3. The topological polar surface area (TPSA) is 87.5 Å². The number of ether oxygens (including phenoxy) is 1. The number of amides is 1. The van der Waals surface area contributed by atoms with Crippen molar-refractivity contribution in [3.8, 4) is 11.8 Å². The van der Waals surface area contributed by atoms with Crippen LogP contribution < -0.4 is 9.04 Å². The highest BCUT2D eigenvalue weighted by atomic mass is 35.5. The van der Waals surface area contributed by atoms with E-state index in [-0.39, 0.29) is 16.2 Å². The van der Waals surface area contributed by atoms with Gasteiger partial charge in [0, 0.05) is 10.6 Å². The number of halogens is 1. The predicted octanol–water partition coefficient (Wildman–Crippen LogP) is 5.29. The molecular formula is C25H21ClN2O4S.